The highest BCUT2D eigenvalue weighted by Crippen LogP contribution is 2.05. The van der Waals surface area contributed by atoms with Crippen molar-refractivity contribution in [3.63, 3.8) is 0 Å². The fourth-order valence-corrected chi connectivity index (χ4v) is 1.59. The van der Waals surface area contributed by atoms with Crippen LogP contribution < -0.4 is 0 Å². The third-order valence-electron chi connectivity index (χ3n) is 2.15. The Balaban J connectivity index is 3.71. The van der Waals surface area contributed by atoms with Crippen molar-refractivity contribution in [2.75, 3.05) is 25.6 Å². The van der Waals surface area contributed by atoms with E-state index in [1.54, 1.807) is 6.08 Å². The highest BCUT2D eigenvalue weighted by Gasteiger charge is 2.06. The van der Waals surface area contributed by atoms with E-state index in [1.165, 1.54) is 6.08 Å². The molecule has 0 rings (SSSR count). The number of carboxylic acids is 1. The molecule has 1 N–H and O–H groups in total. The lowest BCUT2D eigenvalue weighted by Crippen LogP contribution is -2.29. The first kappa shape index (κ1) is 13.5. The normalized spacial score (nSPS) is 13.7. The third-order valence-corrected chi connectivity index (χ3v) is 2.79. The Hall–Kier alpha value is -0.480. The lowest BCUT2D eigenvalue weighted by molar-refractivity contribution is -0.131. The van der Waals surface area contributed by atoms with E-state index in [2.05, 4.69) is 18.1 Å². The lowest BCUT2D eigenvalue weighted by Gasteiger charge is -2.22. The number of hydrogen-bond acceptors (Lipinski definition) is 3. The topological polar surface area (TPSA) is 40.5 Å². The Morgan fingerprint density at radius 2 is 2.29 bits per heavy atom. The van der Waals surface area contributed by atoms with Gasteiger partial charge in [-0.25, -0.2) is 4.79 Å². The summed E-state index contributed by atoms with van der Waals surface area (Å²) in [7, 11) is 2.01. The van der Waals surface area contributed by atoms with Crippen LogP contribution in [0.1, 0.15) is 13.3 Å². The van der Waals surface area contributed by atoms with Crippen molar-refractivity contribution in [2.45, 2.75) is 19.4 Å². The van der Waals surface area contributed by atoms with Crippen LogP contribution in [0.3, 0.4) is 0 Å². The maximum Gasteiger partial charge on any atom is 0.328 e. The first-order valence-corrected chi connectivity index (χ1v) is 6.06. The van der Waals surface area contributed by atoms with Crippen LogP contribution >= 0.6 is 11.8 Å². The minimum absolute atomic E-state index is 0.501. The van der Waals surface area contributed by atoms with Gasteiger partial charge in [-0.3, -0.25) is 4.90 Å². The van der Waals surface area contributed by atoms with Crippen LogP contribution in [0.4, 0.5) is 0 Å². The zero-order chi connectivity index (χ0) is 11.0. The van der Waals surface area contributed by atoms with Gasteiger partial charge < -0.3 is 5.11 Å². The van der Waals surface area contributed by atoms with Gasteiger partial charge in [0.1, 0.15) is 0 Å². The van der Waals surface area contributed by atoms with Crippen molar-refractivity contribution in [3.8, 4) is 0 Å². The first-order chi connectivity index (χ1) is 6.57. The molecule has 14 heavy (non-hydrogen) atoms. The molecule has 0 aliphatic rings. The molecule has 0 aliphatic carbocycles. The number of rotatable bonds is 7. The Morgan fingerprint density at radius 1 is 1.64 bits per heavy atom. The highest BCUT2D eigenvalue weighted by molar-refractivity contribution is 7.98. The molecule has 0 amide bonds. The van der Waals surface area contributed by atoms with Gasteiger partial charge in [0.2, 0.25) is 0 Å². The van der Waals surface area contributed by atoms with Crippen LogP contribution in [0.5, 0.6) is 0 Å². The Labute approximate surface area is 90.2 Å². The second-order valence-corrected chi connectivity index (χ2v) is 4.30. The van der Waals surface area contributed by atoms with Gasteiger partial charge in [-0.05, 0) is 32.4 Å². The number of thioether (sulfide) groups is 1. The van der Waals surface area contributed by atoms with E-state index in [-0.39, 0.29) is 0 Å². The minimum atomic E-state index is -0.879. The Bertz CT molecular complexity index is 195. The van der Waals surface area contributed by atoms with Gasteiger partial charge in [-0.1, -0.05) is 6.08 Å². The molecule has 0 saturated carbocycles. The number of hydrogen-bond donors (Lipinski definition) is 1. The second-order valence-electron chi connectivity index (χ2n) is 3.31. The van der Waals surface area contributed by atoms with Crippen LogP contribution in [-0.2, 0) is 4.79 Å². The fourth-order valence-electron chi connectivity index (χ4n) is 1.01. The number of carbonyl (C=O) groups is 1. The molecule has 0 radical (unpaired) electrons. The Morgan fingerprint density at radius 3 is 2.79 bits per heavy atom. The second kappa shape index (κ2) is 7.88. The molecule has 0 aromatic carbocycles. The quantitative estimate of drug-likeness (QED) is 0.659. The third kappa shape index (κ3) is 6.97. The molecular weight excluding hydrogens is 198 g/mol. The molecule has 0 fully saturated rings. The van der Waals surface area contributed by atoms with Crippen molar-refractivity contribution in [2.24, 2.45) is 0 Å². The number of aliphatic carboxylic acids is 1. The number of carboxylic acid groups (broad SMARTS) is 1. The van der Waals surface area contributed by atoms with E-state index >= 15 is 0 Å². The summed E-state index contributed by atoms with van der Waals surface area (Å²) in [6, 6.07) is 0.501. The first-order valence-electron chi connectivity index (χ1n) is 4.66. The molecule has 4 heteroatoms. The number of nitrogens with zero attached hydrogens (tertiary/aromatic N) is 1. The van der Waals surface area contributed by atoms with Gasteiger partial charge in [0.15, 0.2) is 0 Å². The standard InChI is InChI=1S/C10H19NO2S/c1-9(6-8-14-3)11(2)7-4-5-10(12)13/h4-5,9H,6-8H2,1-3H3,(H,12,13)/b5-4+. The van der Waals surface area contributed by atoms with Crippen molar-refractivity contribution in [1.29, 1.82) is 0 Å². The van der Waals surface area contributed by atoms with Gasteiger partial charge in [0.05, 0.1) is 0 Å². The zero-order valence-electron chi connectivity index (χ0n) is 9.06. The van der Waals surface area contributed by atoms with Crippen LogP contribution in [0.2, 0.25) is 0 Å². The average molecular weight is 217 g/mol. The summed E-state index contributed by atoms with van der Waals surface area (Å²) in [5, 5.41) is 8.40. The Kier molecular flexibility index (Phi) is 7.61. The fraction of sp³-hybridized carbons (Fsp3) is 0.700. The molecule has 1 atom stereocenters. The minimum Gasteiger partial charge on any atom is -0.478 e. The molecule has 0 aromatic rings. The SMILES string of the molecule is CSCCC(C)N(C)C/C=C/C(=O)O. The predicted molar refractivity (Wildman–Crippen MR) is 61.9 cm³/mol. The van der Waals surface area contributed by atoms with Gasteiger partial charge >= 0.3 is 5.97 Å². The van der Waals surface area contributed by atoms with Crippen molar-refractivity contribution in [3.05, 3.63) is 12.2 Å². The summed E-state index contributed by atoms with van der Waals surface area (Å²) < 4.78 is 0. The lowest BCUT2D eigenvalue weighted by atomic mass is 10.2. The maximum atomic E-state index is 10.2. The van der Waals surface area contributed by atoms with E-state index in [9.17, 15) is 4.79 Å². The highest BCUT2D eigenvalue weighted by atomic mass is 32.2. The summed E-state index contributed by atoms with van der Waals surface area (Å²) in [6.45, 7) is 2.85. The monoisotopic (exact) mass is 217 g/mol. The van der Waals surface area contributed by atoms with Crippen LogP contribution in [-0.4, -0.2) is 47.6 Å². The van der Waals surface area contributed by atoms with Gasteiger partial charge in [-0.15, -0.1) is 0 Å². The predicted octanol–water partition coefficient (Wildman–Crippen LogP) is 1.70. The van der Waals surface area contributed by atoms with E-state index in [0.29, 0.717) is 12.6 Å². The zero-order valence-corrected chi connectivity index (χ0v) is 9.88. The average Bonchev–Trinajstić information content (AvgIpc) is 2.13. The van der Waals surface area contributed by atoms with E-state index in [1.807, 2.05) is 18.8 Å². The molecule has 0 spiro atoms. The molecular formula is C10H19NO2S. The molecule has 0 aliphatic heterocycles. The molecule has 0 aromatic heterocycles. The van der Waals surface area contributed by atoms with Gasteiger partial charge in [0, 0.05) is 18.7 Å². The van der Waals surface area contributed by atoms with Crippen molar-refractivity contribution >= 4 is 17.7 Å². The van der Waals surface area contributed by atoms with Crippen LogP contribution in [0.15, 0.2) is 12.2 Å². The number of likely N-dealkylation sites (N-methyl/N-ethyl adjacent to an activating group) is 1. The maximum absolute atomic E-state index is 10.2. The largest absolute Gasteiger partial charge is 0.478 e. The summed E-state index contributed by atoms with van der Waals surface area (Å²) in [4.78, 5) is 12.4. The molecule has 0 heterocycles. The molecule has 0 saturated heterocycles. The van der Waals surface area contributed by atoms with Crippen LogP contribution in [0, 0.1) is 0 Å². The van der Waals surface area contributed by atoms with Gasteiger partial charge in [-0.2, -0.15) is 11.8 Å². The summed E-state index contributed by atoms with van der Waals surface area (Å²) >= 11 is 1.84. The summed E-state index contributed by atoms with van der Waals surface area (Å²) in [6.07, 6.45) is 6.10. The van der Waals surface area contributed by atoms with E-state index in [4.69, 9.17) is 5.11 Å². The molecule has 3 nitrogen and oxygen atoms in total. The van der Waals surface area contributed by atoms with Crippen LogP contribution in [0.25, 0.3) is 0 Å². The van der Waals surface area contributed by atoms with E-state index < -0.39 is 5.97 Å². The van der Waals surface area contributed by atoms with Gasteiger partial charge in [0.25, 0.3) is 0 Å². The molecule has 82 valence electrons. The molecule has 1 unspecified atom stereocenters. The summed E-state index contributed by atoms with van der Waals surface area (Å²) in [5.74, 6) is 0.268. The smallest absolute Gasteiger partial charge is 0.328 e. The van der Waals surface area contributed by atoms with E-state index in [0.717, 1.165) is 12.2 Å². The van der Waals surface area contributed by atoms with Crippen molar-refractivity contribution < 1.29 is 9.90 Å². The summed E-state index contributed by atoms with van der Waals surface area (Å²) in [5.41, 5.74) is 0. The molecule has 0 bridgehead atoms. The van der Waals surface area contributed by atoms with Crippen molar-refractivity contribution in [1.82, 2.24) is 4.90 Å².